The zero-order chi connectivity index (χ0) is 15.3. The molecule has 1 aromatic carbocycles. The van der Waals surface area contributed by atoms with Gasteiger partial charge in [0.05, 0.1) is 18.1 Å². The molecule has 0 radical (unpaired) electrons. The van der Waals surface area contributed by atoms with Gasteiger partial charge in [-0.25, -0.2) is 21.9 Å². The second-order valence-electron chi connectivity index (χ2n) is 4.72. The van der Waals surface area contributed by atoms with Gasteiger partial charge in [0, 0.05) is 31.7 Å². The van der Waals surface area contributed by atoms with E-state index in [1.54, 1.807) is 0 Å². The Labute approximate surface area is 122 Å². The van der Waals surface area contributed by atoms with Crippen molar-refractivity contribution in [2.75, 3.05) is 39.4 Å². The lowest BCUT2D eigenvalue weighted by molar-refractivity contribution is 0.0390. The van der Waals surface area contributed by atoms with Gasteiger partial charge in [-0.15, -0.1) is 0 Å². The molecule has 0 saturated carbocycles. The highest BCUT2D eigenvalue weighted by Gasteiger charge is 2.16. The van der Waals surface area contributed by atoms with E-state index in [0.717, 1.165) is 25.2 Å². The fourth-order valence-electron chi connectivity index (χ4n) is 2.04. The molecule has 118 valence electrons. The molecule has 1 heterocycles. The molecule has 1 aliphatic rings. The Hall–Kier alpha value is -1.09. The van der Waals surface area contributed by atoms with Crippen molar-refractivity contribution in [3.63, 3.8) is 0 Å². The third-order valence-electron chi connectivity index (χ3n) is 3.27. The zero-order valence-electron chi connectivity index (χ0n) is 11.5. The highest BCUT2D eigenvalue weighted by molar-refractivity contribution is 7.89. The number of rotatable bonds is 6. The van der Waals surface area contributed by atoms with Crippen molar-refractivity contribution in [1.82, 2.24) is 9.62 Å². The molecule has 0 amide bonds. The molecule has 2 rings (SSSR count). The van der Waals surface area contributed by atoms with Crippen molar-refractivity contribution in [2.45, 2.75) is 11.3 Å². The third-order valence-corrected chi connectivity index (χ3v) is 4.74. The van der Waals surface area contributed by atoms with E-state index >= 15 is 0 Å². The molecule has 1 saturated heterocycles. The van der Waals surface area contributed by atoms with Gasteiger partial charge < -0.3 is 4.74 Å². The van der Waals surface area contributed by atoms with Gasteiger partial charge in [0.2, 0.25) is 10.0 Å². The van der Waals surface area contributed by atoms with Gasteiger partial charge in [0.15, 0.2) is 0 Å². The average molecular weight is 320 g/mol. The SMILES string of the molecule is O=S(=O)(NCCN1CCOCC1)c1ccc(C(F)F)cc1. The molecular weight excluding hydrogens is 302 g/mol. The summed E-state index contributed by atoms with van der Waals surface area (Å²) in [5.41, 5.74) is -0.192. The van der Waals surface area contributed by atoms with E-state index in [1.165, 1.54) is 12.1 Å². The number of benzene rings is 1. The quantitative estimate of drug-likeness (QED) is 0.857. The summed E-state index contributed by atoms with van der Waals surface area (Å²) in [7, 11) is -3.66. The molecule has 1 N–H and O–H groups in total. The van der Waals surface area contributed by atoms with Gasteiger partial charge in [-0.05, 0) is 12.1 Å². The molecule has 1 aromatic rings. The zero-order valence-corrected chi connectivity index (χ0v) is 12.3. The first-order chi connectivity index (χ1) is 9.99. The minimum Gasteiger partial charge on any atom is -0.379 e. The van der Waals surface area contributed by atoms with Crippen LogP contribution in [0, 0.1) is 0 Å². The van der Waals surface area contributed by atoms with Crippen LogP contribution in [0.3, 0.4) is 0 Å². The first-order valence-electron chi connectivity index (χ1n) is 6.67. The van der Waals surface area contributed by atoms with Crippen LogP contribution in [-0.2, 0) is 14.8 Å². The molecular formula is C13H18F2N2O3S. The standard InChI is InChI=1S/C13H18F2N2O3S/c14-13(15)11-1-3-12(4-2-11)21(18,19)16-5-6-17-7-9-20-10-8-17/h1-4,13,16H,5-10H2. The van der Waals surface area contributed by atoms with Gasteiger partial charge in [0.25, 0.3) is 6.43 Å². The average Bonchev–Trinajstić information content (AvgIpc) is 2.48. The maximum absolute atomic E-state index is 12.4. The Morgan fingerprint density at radius 1 is 1.19 bits per heavy atom. The van der Waals surface area contributed by atoms with Gasteiger partial charge >= 0.3 is 0 Å². The van der Waals surface area contributed by atoms with E-state index in [0.29, 0.717) is 19.8 Å². The highest BCUT2D eigenvalue weighted by Crippen LogP contribution is 2.20. The monoisotopic (exact) mass is 320 g/mol. The van der Waals surface area contributed by atoms with Crippen LogP contribution in [0.2, 0.25) is 0 Å². The molecule has 0 spiro atoms. The molecule has 5 nitrogen and oxygen atoms in total. The van der Waals surface area contributed by atoms with Crippen molar-refractivity contribution < 1.29 is 21.9 Å². The Morgan fingerprint density at radius 3 is 2.38 bits per heavy atom. The van der Waals surface area contributed by atoms with Crippen LogP contribution in [0.25, 0.3) is 0 Å². The van der Waals surface area contributed by atoms with Crippen molar-refractivity contribution >= 4 is 10.0 Å². The largest absolute Gasteiger partial charge is 0.379 e. The number of hydrogen-bond donors (Lipinski definition) is 1. The Morgan fingerprint density at radius 2 is 1.81 bits per heavy atom. The van der Waals surface area contributed by atoms with E-state index in [-0.39, 0.29) is 17.0 Å². The van der Waals surface area contributed by atoms with Crippen LogP contribution >= 0.6 is 0 Å². The van der Waals surface area contributed by atoms with Crippen molar-refractivity contribution in [1.29, 1.82) is 0 Å². The molecule has 21 heavy (non-hydrogen) atoms. The van der Waals surface area contributed by atoms with Crippen molar-refractivity contribution in [3.05, 3.63) is 29.8 Å². The summed E-state index contributed by atoms with van der Waals surface area (Å²) in [6.45, 7) is 3.75. The Bertz CT molecular complexity index is 543. The predicted molar refractivity (Wildman–Crippen MR) is 73.8 cm³/mol. The summed E-state index contributed by atoms with van der Waals surface area (Å²) in [6, 6.07) is 4.64. The number of morpholine rings is 1. The number of halogens is 2. The molecule has 0 aliphatic carbocycles. The van der Waals surface area contributed by atoms with Crippen molar-refractivity contribution in [3.8, 4) is 0 Å². The van der Waals surface area contributed by atoms with E-state index in [1.807, 2.05) is 0 Å². The van der Waals surface area contributed by atoms with Crippen LogP contribution in [0.15, 0.2) is 29.2 Å². The molecule has 0 unspecified atom stereocenters. The number of alkyl halides is 2. The first kappa shape index (κ1) is 16.3. The summed E-state index contributed by atoms with van der Waals surface area (Å²) in [5.74, 6) is 0. The summed E-state index contributed by atoms with van der Waals surface area (Å²) in [5, 5.41) is 0. The van der Waals surface area contributed by atoms with Crippen LogP contribution in [0.1, 0.15) is 12.0 Å². The summed E-state index contributed by atoms with van der Waals surface area (Å²) in [6.07, 6.45) is -2.60. The number of hydrogen-bond acceptors (Lipinski definition) is 4. The molecule has 0 atom stereocenters. The maximum Gasteiger partial charge on any atom is 0.263 e. The number of nitrogens with zero attached hydrogens (tertiary/aromatic N) is 1. The van der Waals surface area contributed by atoms with Gasteiger partial charge in [-0.1, -0.05) is 12.1 Å². The summed E-state index contributed by atoms with van der Waals surface area (Å²) in [4.78, 5) is 2.10. The smallest absolute Gasteiger partial charge is 0.263 e. The van der Waals surface area contributed by atoms with E-state index < -0.39 is 16.4 Å². The van der Waals surface area contributed by atoms with E-state index in [4.69, 9.17) is 4.74 Å². The molecule has 0 bridgehead atoms. The summed E-state index contributed by atoms with van der Waals surface area (Å²) < 4.78 is 56.6. The van der Waals surface area contributed by atoms with Gasteiger partial charge in [0.1, 0.15) is 0 Å². The lowest BCUT2D eigenvalue weighted by Gasteiger charge is -2.26. The Balaban J connectivity index is 1.88. The topological polar surface area (TPSA) is 58.6 Å². The highest BCUT2D eigenvalue weighted by atomic mass is 32.2. The lowest BCUT2D eigenvalue weighted by Crippen LogP contribution is -2.41. The Kier molecular flexibility index (Phi) is 5.63. The fourth-order valence-corrected chi connectivity index (χ4v) is 3.06. The predicted octanol–water partition coefficient (Wildman–Crippen LogP) is 1.23. The van der Waals surface area contributed by atoms with Crippen LogP contribution < -0.4 is 4.72 Å². The number of ether oxygens (including phenoxy) is 1. The van der Waals surface area contributed by atoms with Crippen LogP contribution in [0.5, 0.6) is 0 Å². The van der Waals surface area contributed by atoms with Gasteiger partial charge in [-0.2, -0.15) is 0 Å². The van der Waals surface area contributed by atoms with Crippen LogP contribution in [-0.4, -0.2) is 52.7 Å². The van der Waals surface area contributed by atoms with Crippen molar-refractivity contribution in [2.24, 2.45) is 0 Å². The fraction of sp³-hybridized carbons (Fsp3) is 0.538. The lowest BCUT2D eigenvalue weighted by atomic mass is 10.2. The molecule has 0 aromatic heterocycles. The van der Waals surface area contributed by atoms with Gasteiger partial charge in [-0.3, -0.25) is 4.90 Å². The number of nitrogens with one attached hydrogen (secondary N) is 1. The van der Waals surface area contributed by atoms with Crippen LogP contribution in [0.4, 0.5) is 8.78 Å². The molecule has 1 fully saturated rings. The maximum atomic E-state index is 12.4. The van der Waals surface area contributed by atoms with E-state index in [9.17, 15) is 17.2 Å². The second kappa shape index (κ2) is 7.26. The third kappa shape index (κ3) is 4.70. The van der Waals surface area contributed by atoms with E-state index in [2.05, 4.69) is 9.62 Å². The number of sulfonamides is 1. The minimum absolute atomic E-state index is 0.00567. The second-order valence-corrected chi connectivity index (χ2v) is 6.49. The normalized spacial score (nSPS) is 17.3. The summed E-state index contributed by atoms with van der Waals surface area (Å²) >= 11 is 0. The first-order valence-corrected chi connectivity index (χ1v) is 8.15. The minimum atomic E-state index is -3.66. The molecule has 8 heteroatoms. The molecule has 1 aliphatic heterocycles.